The standard InChI is InChI=1S/C8H13NO2/c10-8(11)5-9-2-1-6-3-7(6)4-9/h6-7H,1-5H2,(H,10,11). The first-order valence-corrected chi connectivity index (χ1v) is 4.20. The van der Waals surface area contributed by atoms with Gasteiger partial charge in [0.1, 0.15) is 0 Å². The minimum absolute atomic E-state index is 0.239. The van der Waals surface area contributed by atoms with Crippen LogP contribution in [0.15, 0.2) is 0 Å². The van der Waals surface area contributed by atoms with Gasteiger partial charge < -0.3 is 5.11 Å². The zero-order chi connectivity index (χ0) is 7.84. The molecule has 2 rings (SSSR count). The molecule has 1 saturated carbocycles. The van der Waals surface area contributed by atoms with E-state index in [4.69, 9.17) is 5.11 Å². The van der Waals surface area contributed by atoms with E-state index in [1.54, 1.807) is 0 Å². The van der Waals surface area contributed by atoms with E-state index in [1.165, 1.54) is 12.8 Å². The molecule has 0 aromatic carbocycles. The third-order valence-electron chi connectivity index (χ3n) is 2.74. The maximum absolute atomic E-state index is 10.3. The Balaban J connectivity index is 1.81. The molecule has 1 aliphatic heterocycles. The van der Waals surface area contributed by atoms with Crippen molar-refractivity contribution in [2.75, 3.05) is 19.6 Å². The van der Waals surface area contributed by atoms with Crippen molar-refractivity contribution in [3.8, 4) is 0 Å². The average Bonchev–Trinajstić information content (AvgIpc) is 2.63. The molecule has 0 aromatic heterocycles. The third-order valence-corrected chi connectivity index (χ3v) is 2.74. The first kappa shape index (κ1) is 7.10. The summed E-state index contributed by atoms with van der Waals surface area (Å²) >= 11 is 0. The number of hydrogen-bond acceptors (Lipinski definition) is 2. The predicted molar refractivity (Wildman–Crippen MR) is 40.3 cm³/mol. The van der Waals surface area contributed by atoms with Gasteiger partial charge in [0.15, 0.2) is 0 Å². The van der Waals surface area contributed by atoms with Gasteiger partial charge in [-0.05, 0) is 31.2 Å². The molecule has 1 aliphatic carbocycles. The van der Waals surface area contributed by atoms with Crippen molar-refractivity contribution < 1.29 is 9.90 Å². The first-order chi connectivity index (χ1) is 5.25. The largest absolute Gasteiger partial charge is 0.480 e. The van der Waals surface area contributed by atoms with E-state index in [0.29, 0.717) is 0 Å². The second-order valence-corrected chi connectivity index (χ2v) is 3.67. The molecular formula is C8H13NO2. The van der Waals surface area contributed by atoms with E-state index in [1.807, 2.05) is 0 Å². The van der Waals surface area contributed by atoms with Gasteiger partial charge in [0, 0.05) is 6.54 Å². The molecule has 3 heteroatoms. The lowest BCUT2D eigenvalue weighted by Crippen LogP contribution is -2.35. The van der Waals surface area contributed by atoms with E-state index >= 15 is 0 Å². The van der Waals surface area contributed by atoms with Crippen LogP contribution in [0.5, 0.6) is 0 Å². The van der Waals surface area contributed by atoms with Gasteiger partial charge in [-0.2, -0.15) is 0 Å². The van der Waals surface area contributed by atoms with E-state index in [0.717, 1.165) is 24.9 Å². The highest BCUT2D eigenvalue weighted by molar-refractivity contribution is 5.69. The van der Waals surface area contributed by atoms with Crippen LogP contribution in [0.2, 0.25) is 0 Å². The molecule has 1 N–H and O–H groups in total. The highest BCUT2D eigenvalue weighted by atomic mass is 16.4. The second-order valence-electron chi connectivity index (χ2n) is 3.67. The fourth-order valence-corrected chi connectivity index (χ4v) is 1.99. The fraction of sp³-hybridized carbons (Fsp3) is 0.875. The SMILES string of the molecule is O=C(O)CN1CCC2CC2C1. The van der Waals surface area contributed by atoms with Gasteiger partial charge in [0.25, 0.3) is 0 Å². The smallest absolute Gasteiger partial charge is 0.317 e. The number of carbonyl (C=O) groups is 1. The number of hydrogen-bond donors (Lipinski definition) is 1. The Kier molecular flexibility index (Phi) is 1.60. The normalized spacial score (nSPS) is 36.4. The topological polar surface area (TPSA) is 40.5 Å². The summed E-state index contributed by atoms with van der Waals surface area (Å²) < 4.78 is 0. The molecule has 1 saturated heterocycles. The van der Waals surface area contributed by atoms with Crippen molar-refractivity contribution in [2.24, 2.45) is 11.8 Å². The van der Waals surface area contributed by atoms with Crippen LogP contribution in [0.3, 0.4) is 0 Å². The molecule has 0 bridgehead atoms. The molecule has 0 spiro atoms. The Labute approximate surface area is 66.0 Å². The zero-order valence-electron chi connectivity index (χ0n) is 6.49. The minimum Gasteiger partial charge on any atom is -0.480 e. The van der Waals surface area contributed by atoms with Gasteiger partial charge in [0.2, 0.25) is 0 Å². The Morgan fingerprint density at radius 2 is 2.36 bits per heavy atom. The van der Waals surface area contributed by atoms with E-state index < -0.39 is 5.97 Å². The highest BCUT2D eigenvalue weighted by Gasteiger charge is 2.41. The van der Waals surface area contributed by atoms with Crippen molar-refractivity contribution in [1.82, 2.24) is 4.90 Å². The van der Waals surface area contributed by atoms with Gasteiger partial charge in [-0.15, -0.1) is 0 Å². The van der Waals surface area contributed by atoms with E-state index in [9.17, 15) is 4.79 Å². The van der Waals surface area contributed by atoms with Crippen molar-refractivity contribution >= 4 is 5.97 Å². The average molecular weight is 155 g/mol. The molecule has 0 amide bonds. The number of piperidine rings is 1. The van der Waals surface area contributed by atoms with Crippen LogP contribution in [-0.4, -0.2) is 35.6 Å². The highest BCUT2D eigenvalue weighted by Crippen LogP contribution is 2.44. The molecule has 2 aliphatic rings. The van der Waals surface area contributed by atoms with Gasteiger partial charge in [-0.1, -0.05) is 0 Å². The molecule has 11 heavy (non-hydrogen) atoms. The fourth-order valence-electron chi connectivity index (χ4n) is 1.99. The Morgan fingerprint density at radius 3 is 3.00 bits per heavy atom. The maximum atomic E-state index is 10.3. The Morgan fingerprint density at radius 1 is 1.55 bits per heavy atom. The van der Waals surface area contributed by atoms with Crippen LogP contribution in [-0.2, 0) is 4.79 Å². The summed E-state index contributed by atoms with van der Waals surface area (Å²) in [4.78, 5) is 12.4. The van der Waals surface area contributed by atoms with E-state index in [2.05, 4.69) is 4.90 Å². The molecule has 2 atom stereocenters. The minimum atomic E-state index is -0.691. The number of aliphatic carboxylic acids is 1. The summed E-state index contributed by atoms with van der Waals surface area (Å²) in [6.45, 7) is 2.26. The number of rotatable bonds is 2. The summed E-state index contributed by atoms with van der Waals surface area (Å²) in [5, 5.41) is 8.52. The number of likely N-dealkylation sites (tertiary alicyclic amines) is 1. The van der Waals surface area contributed by atoms with Crippen LogP contribution < -0.4 is 0 Å². The molecule has 0 aromatic rings. The summed E-state index contributed by atoms with van der Waals surface area (Å²) in [7, 11) is 0. The summed E-state index contributed by atoms with van der Waals surface area (Å²) in [6, 6.07) is 0. The maximum Gasteiger partial charge on any atom is 0.317 e. The van der Waals surface area contributed by atoms with Gasteiger partial charge in [-0.3, -0.25) is 9.69 Å². The van der Waals surface area contributed by atoms with Crippen LogP contribution in [0, 0.1) is 11.8 Å². The van der Waals surface area contributed by atoms with Crippen molar-refractivity contribution in [1.29, 1.82) is 0 Å². The zero-order valence-corrected chi connectivity index (χ0v) is 6.49. The van der Waals surface area contributed by atoms with Gasteiger partial charge in [0.05, 0.1) is 6.54 Å². The predicted octanol–water partition coefficient (Wildman–Crippen LogP) is 0.413. The van der Waals surface area contributed by atoms with Gasteiger partial charge in [-0.25, -0.2) is 0 Å². The number of carboxylic acid groups (broad SMARTS) is 1. The van der Waals surface area contributed by atoms with Crippen molar-refractivity contribution in [3.05, 3.63) is 0 Å². The number of nitrogens with zero attached hydrogens (tertiary/aromatic N) is 1. The molecular weight excluding hydrogens is 142 g/mol. The Hall–Kier alpha value is -0.570. The lowest BCUT2D eigenvalue weighted by Gasteiger charge is -2.23. The van der Waals surface area contributed by atoms with Crippen LogP contribution in [0.4, 0.5) is 0 Å². The molecule has 0 radical (unpaired) electrons. The van der Waals surface area contributed by atoms with Gasteiger partial charge >= 0.3 is 5.97 Å². The van der Waals surface area contributed by atoms with E-state index in [-0.39, 0.29) is 6.54 Å². The number of carboxylic acids is 1. The number of fused-ring (bicyclic) bond motifs is 1. The second kappa shape index (κ2) is 2.48. The van der Waals surface area contributed by atoms with Crippen LogP contribution in [0.1, 0.15) is 12.8 Å². The summed E-state index contributed by atoms with van der Waals surface area (Å²) in [6.07, 6.45) is 2.56. The summed E-state index contributed by atoms with van der Waals surface area (Å²) in [5.41, 5.74) is 0. The Bertz CT molecular complexity index is 181. The molecule has 2 fully saturated rings. The summed E-state index contributed by atoms with van der Waals surface area (Å²) in [5.74, 6) is 1.09. The molecule has 62 valence electrons. The van der Waals surface area contributed by atoms with Crippen LogP contribution >= 0.6 is 0 Å². The monoisotopic (exact) mass is 155 g/mol. The molecule has 3 nitrogen and oxygen atoms in total. The van der Waals surface area contributed by atoms with Crippen molar-refractivity contribution in [2.45, 2.75) is 12.8 Å². The van der Waals surface area contributed by atoms with Crippen molar-refractivity contribution in [3.63, 3.8) is 0 Å². The molecule has 1 heterocycles. The lowest BCUT2D eigenvalue weighted by molar-refractivity contribution is -0.138. The third kappa shape index (κ3) is 1.53. The first-order valence-electron chi connectivity index (χ1n) is 4.20. The molecule has 2 unspecified atom stereocenters. The quantitative estimate of drug-likeness (QED) is 0.628. The van der Waals surface area contributed by atoms with Crippen LogP contribution in [0.25, 0.3) is 0 Å². The lowest BCUT2D eigenvalue weighted by atomic mass is 10.1.